The zero-order valence-electron chi connectivity index (χ0n) is 23.1. The number of carbonyl (C=O) groups is 1. The Hall–Kier alpha value is -5.41. The van der Waals surface area contributed by atoms with Crippen LogP contribution in [0, 0.1) is 0 Å². The molecule has 0 amide bonds. The van der Waals surface area contributed by atoms with Gasteiger partial charge in [-0.25, -0.2) is 4.79 Å². The molecule has 0 unspecified atom stereocenters. The van der Waals surface area contributed by atoms with Crippen LogP contribution in [0.2, 0.25) is 0 Å². The molecule has 200 valence electrons. The first-order chi connectivity index (χ1) is 20.0. The lowest BCUT2D eigenvalue weighted by molar-refractivity contribution is -0.130. The van der Waals surface area contributed by atoms with Crippen LogP contribution in [-0.4, -0.2) is 5.97 Å². The fourth-order valence-electron chi connectivity index (χ4n) is 4.88. The third-order valence-electron chi connectivity index (χ3n) is 6.86. The average molecular weight is 534 g/mol. The molecule has 0 radical (unpaired) electrons. The van der Waals surface area contributed by atoms with Crippen LogP contribution < -0.4 is 9.64 Å². The second kappa shape index (κ2) is 12.2. The molecule has 3 nitrogen and oxygen atoms in total. The number of nitrogens with zero attached hydrogens (tertiary/aromatic N) is 1. The summed E-state index contributed by atoms with van der Waals surface area (Å²) >= 11 is 0. The number of para-hydroxylation sites is 2. The van der Waals surface area contributed by atoms with Gasteiger partial charge in [-0.15, -0.1) is 0 Å². The third-order valence-corrected chi connectivity index (χ3v) is 6.86. The topological polar surface area (TPSA) is 29.5 Å². The van der Waals surface area contributed by atoms with Gasteiger partial charge in [0.05, 0.1) is 0 Å². The molecule has 0 aliphatic carbocycles. The molecule has 0 N–H and O–H groups in total. The lowest BCUT2D eigenvalue weighted by atomic mass is 9.92. The van der Waals surface area contributed by atoms with Crippen molar-refractivity contribution in [3.05, 3.63) is 157 Å². The zero-order valence-corrected chi connectivity index (χ0v) is 23.1. The van der Waals surface area contributed by atoms with Crippen LogP contribution in [0.25, 0.3) is 35.1 Å². The Balaban J connectivity index is 1.55. The lowest BCUT2D eigenvalue weighted by Crippen LogP contribution is -2.10. The highest BCUT2D eigenvalue weighted by atomic mass is 16.5. The van der Waals surface area contributed by atoms with Crippen molar-refractivity contribution in [1.29, 1.82) is 0 Å². The first kappa shape index (κ1) is 27.2. The molecule has 0 bridgehead atoms. The maximum Gasteiger partial charge on any atom is 0.338 e. The first-order valence-electron chi connectivity index (χ1n) is 13.4. The van der Waals surface area contributed by atoms with E-state index in [2.05, 4.69) is 85.3 Å². The van der Waals surface area contributed by atoms with Crippen LogP contribution in [0.1, 0.15) is 29.2 Å². The third kappa shape index (κ3) is 5.66. The molecule has 0 aliphatic heterocycles. The molecular weight excluding hydrogens is 502 g/mol. The summed E-state index contributed by atoms with van der Waals surface area (Å²) in [5, 5.41) is 1.77. The number of hydrogen-bond donors (Lipinski definition) is 0. The quantitative estimate of drug-likeness (QED) is 0.0817. The maximum atomic E-state index is 12.5. The minimum Gasteiger partial charge on any atom is -0.422 e. The zero-order chi connectivity index (χ0) is 28.8. The number of rotatable bonds is 9. The van der Waals surface area contributed by atoms with Gasteiger partial charge in [0.25, 0.3) is 0 Å². The number of benzene rings is 5. The van der Waals surface area contributed by atoms with E-state index in [1.165, 1.54) is 0 Å². The highest BCUT2D eigenvalue weighted by Gasteiger charge is 2.19. The van der Waals surface area contributed by atoms with Crippen LogP contribution in [0.15, 0.2) is 135 Å². The Morgan fingerprint density at radius 2 is 1.15 bits per heavy atom. The highest BCUT2D eigenvalue weighted by molar-refractivity contribution is 6.05. The Morgan fingerprint density at radius 3 is 1.68 bits per heavy atom. The number of carbonyl (C=O) groups excluding carboxylic acids is 1. The molecule has 0 atom stereocenters. The predicted octanol–water partition coefficient (Wildman–Crippen LogP) is 10.2. The summed E-state index contributed by atoms with van der Waals surface area (Å²) in [5.41, 5.74) is 7.15. The standard InChI is InChI=1S/C38H31NO2/c1-5-32-33(6-2)37(41-38(40)27(3)4)36-20-14-13-19-34(36)35(32)26-23-28-21-24-31(25-22-28)39(29-15-9-7-10-16-29)30-17-11-8-12-18-30/h5-26H,1-3H2,4H3/b26-23+. The van der Waals surface area contributed by atoms with Crippen LogP contribution in [0.3, 0.4) is 0 Å². The van der Waals surface area contributed by atoms with Crippen LogP contribution in [0.5, 0.6) is 5.75 Å². The van der Waals surface area contributed by atoms with E-state index in [0.717, 1.165) is 44.5 Å². The summed E-state index contributed by atoms with van der Waals surface area (Å²) in [6, 6.07) is 37.0. The van der Waals surface area contributed by atoms with Crippen LogP contribution in [0.4, 0.5) is 17.1 Å². The van der Waals surface area contributed by atoms with Crippen molar-refractivity contribution < 1.29 is 9.53 Å². The van der Waals surface area contributed by atoms with Crippen molar-refractivity contribution >= 4 is 58.1 Å². The van der Waals surface area contributed by atoms with Gasteiger partial charge < -0.3 is 9.64 Å². The summed E-state index contributed by atoms with van der Waals surface area (Å²) in [6.07, 6.45) is 7.65. The summed E-state index contributed by atoms with van der Waals surface area (Å²) in [5.74, 6) is -0.0152. The van der Waals surface area contributed by atoms with E-state index >= 15 is 0 Å². The number of anilines is 3. The molecule has 5 rings (SSSR count). The van der Waals surface area contributed by atoms with Gasteiger partial charge in [-0.2, -0.15) is 0 Å². The molecule has 0 heterocycles. The Kier molecular flexibility index (Phi) is 8.08. The molecule has 41 heavy (non-hydrogen) atoms. The van der Waals surface area contributed by atoms with E-state index in [-0.39, 0.29) is 0 Å². The van der Waals surface area contributed by atoms with Crippen molar-refractivity contribution in [3.8, 4) is 5.75 Å². The second-order valence-corrected chi connectivity index (χ2v) is 9.63. The fraction of sp³-hybridized carbons (Fsp3) is 0.0263. The Labute approximate surface area is 241 Å². The SMILES string of the molecule is C=Cc1c(C=C)c(OC(=O)C(=C)C)c2ccccc2c1/C=C/c1ccc(N(c2ccccc2)c2ccccc2)cc1. The maximum absolute atomic E-state index is 12.5. The predicted molar refractivity (Wildman–Crippen MR) is 175 cm³/mol. The van der Waals surface area contributed by atoms with E-state index in [1.807, 2.05) is 60.7 Å². The minimum atomic E-state index is -0.475. The monoisotopic (exact) mass is 533 g/mol. The van der Waals surface area contributed by atoms with Crippen molar-refractivity contribution in [2.75, 3.05) is 4.90 Å². The molecule has 0 aromatic heterocycles. The van der Waals surface area contributed by atoms with Gasteiger partial charge >= 0.3 is 5.97 Å². The molecule has 0 fully saturated rings. The molecule has 5 aromatic rings. The van der Waals surface area contributed by atoms with Crippen molar-refractivity contribution in [1.82, 2.24) is 0 Å². The Bertz CT molecular complexity index is 1730. The summed E-state index contributed by atoms with van der Waals surface area (Å²) < 4.78 is 5.79. The van der Waals surface area contributed by atoms with Crippen LogP contribution in [-0.2, 0) is 4.79 Å². The highest BCUT2D eigenvalue weighted by Crippen LogP contribution is 2.39. The molecule has 3 heteroatoms. The number of fused-ring (bicyclic) bond motifs is 1. The molecule has 5 aromatic carbocycles. The lowest BCUT2D eigenvalue weighted by Gasteiger charge is -2.25. The summed E-state index contributed by atoms with van der Waals surface area (Å²) in [4.78, 5) is 14.7. The van der Waals surface area contributed by atoms with Gasteiger partial charge in [0.1, 0.15) is 5.75 Å². The van der Waals surface area contributed by atoms with E-state index in [1.54, 1.807) is 19.1 Å². The molecule has 0 saturated carbocycles. The van der Waals surface area contributed by atoms with E-state index in [0.29, 0.717) is 16.9 Å². The molecule has 0 saturated heterocycles. The van der Waals surface area contributed by atoms with Crippen molar-refractivity contribution in [3.63, 3.8) is 0 Å². The van der Waals surface area contributed by atoms with Gasteiger partial charge in [0.15, 0.2) is 0 Å². The fourth-order valence-corrected chi connectivity index (χ4v) is 4.88. The largest absolute Gasteiger partial charge is 0.422 e. The normalized spacial score (nSPS) is 10.9. The molecular formula is C38H31NO2. The van der Waals surface area contributed by atoms with Gasteiger partial charge in [-0.1, -0.05) is 117 Å². The first-order valence-corrected chi connectivity index (χ1v) is 13.4. The molecule has 0 aliphatic rings. The number of hydrogen-bond acceptors (Lipinski definition) is 3. The van der Waals surface area contributed by atoms with Crippen LogP contribution >= 0.6 is 0 Å². The summed E-state index contributed by atoms with van der Waals surface area (Å²) in [6.45, 7) is 13.4. The van der Waals surface area contributed by atoms with Crippen molar-refractivity contribution in [2.24, 2.45) is 0 Å². The number of ether oxygens (including phenoxy) is 1. The van der Waals surface area contributed by atoms with E-state index in [4.69, 9.17) is 4.74 Å². The second-order valence-electron chi connectivity index (χ2n) is 9.63. The van der Waals surface area contributed by atoms with E-state index < -0.39 is 5.97 Å². The molecule has 0 spiro atoms. The smallest absolute Gasteiger partial charge is 0.338 e. The number of esters is 1. The minimum absolute atomic E-state index is 0.328. The van der Waals surface area contributed by atoms with E-state index in [9.17, 15) is 4.79 Å². The van der Waals surface area contributed by atoms with Gasteiger partial charge in [0, 0.05) is 33.6 Å². The van der Waals surface area contributed by atoms with Crippen molar-refractivity contribution in [2.45, 2.75) is 6.92 Å². The van der Waals surface area contributed by atoms with Gasteiger partial charge in [-0.05, 0) is 65.4 Å². The van der Waals surface area contributed by atoms with Gasteiger partial charge in [0.2, 0.25) is 0 Å². The summed E-state index contributed by atoms with van der Waals surface area (Å²) in [7, 11) is 0. The Morgan fingerprint density at radius 1 is 0.634 bits per heavy atom. The average Bonchev–Trinajstić information content (AvgIpc) is 3.02. The van der Waals surface area contributed by atoms with Gasteiger partial charge in [-0.3, -0.25) is 0 Å².